The summed E-state index contributed by atoms with van der Waals surface area (Å²) in [6.45, 7) is 0. The lowest BCUT2D eigenvalue weighted by Gasteiger charge is -2.00. The lowest BCUT2D eigenvalue weighted by atomic mass is 10.3. The van der Waals surface area contributed by atoms with Crippen LogP contribution in [0.3, 0.4) is 0 Å². The Balaban J connectivity index is 3.03. The van der Waals surface area contributed by atoms with E-state index < -0.39 is 0 Å². The van der Waals surface area contributed by atoms with Crippen molar-refractivity contribution in [3.05, 3.63) is 27.8 Å². The van der Waals surface area contributed by atoms with Gasteiger partial charge in [-0.2, -0.15) is 0 Å². The molecule has 0 saturated heterocycles. The van der Waals surface area contributed by atoms with Crippen molar-refractivity contribution in [2.75, 3.05) is 0 Å². The molecule has 42 valence electrons. The molecule has 0 aliphatic carbocycles. The standard InChI is InChI=1S/C6H5IO/c7-5-1-3-6(8)4-2-5/h1-4,8H/p-1. The number of benzene rings is 1. The van der Waals surface area contributed by atoms with Crippen molar-refractivity contribution >= 4 is 22.6 Å². The Bertz CT molecular complexity index is 147. The molecule has 1 rings (SSSR count). The van der Waals surface area contributed by atoms with E-state index in [0.29, 0.717) is 0 Å². The van der Waals surface area contributed by atoms with E-state index >= 15 is 0 Å². The molecule has 8 heavy (non-hydrogen) atoms. The molecular formula is C6H4IO-. The average molecular weight is 219 g/mol. The van der Waals surface area contributed by atoms with Crippen LogP contribution in [0.1, 0.15) is 0 Å². The first-order valence-electron chi connectivity index (χ1n) is 2.21. The highest BCUT2D eigenvalue weighted by atomic mass is 127. The monoisotopic (exact) mass is 219 g/mol. The van der Waals surface area contributed by atoms with Gasteiger partial charge in [0.1, 0.15) is 0 Å². The van der Waals surface area contributed by atoms with Crippen molar-refractivity contribution in [2.24, 2.45) is 0 Å². The molecular weight excluding hydrogens is 215 g/mol. The van der Waals surface area contributed by atoms with Crippen LogP contribution in [0.25, 0.3) is 0 Å². The van der Waals surface area contributed by atoms with Gasteiger partial charge in [0.05, 0.1) is 0 Å². The highest BCUT2D eigenvalue weighted by Gasteiger charge is 1.77. The molecule has 1 aromatic rings. The number of hydrogen-bond donors (Lipinski definition) is 0. The van der Waals surface area contributed by atoms with E-state index in [1.165, 1.54) is 0 Å². The SMILES string of the molecule is [O-]c1ccc(I)cc1. The summed E-state index contributed by atoms with van der Waals surface area (Å²) < 4.78 is 1.10. The van der Waals surface area contributed by atoms with E-state index in [9.17, 15) is 5.11 Å². The Morgan fingerprint density at radius 1 is 1.12 bits per heavy atom. The summed E-state index contributed by atoms with van der Waals surface area (Å²) in [6.07, 6.45) is 0. The molecule has 0 heterocycles. The summed E-state index contributed by atoms with van der Waals surface area (Å²) in [6, 6.07) is 6.70. The third-order valence-corrected chi connectivity index (χ3v) is 1.53. The highest BCUT2D eigenvalue weighted by molar-refractivity contribution is 14.1. The molecule has 1 nitrogen and oxygen atoms in total. The van der Waals surface area contributed by atoms with Gasteiger partial charge in [0, 0.05) is 3.57 Å². The van der Waals surface area contributed by atoms with E-state index in [-0.39, 0.29) is 5.75 Å². The van der Waals surface area contributed by atoms with Gasteiger partial charge >= 0.3 is 0 Å². The fourth-order valence-electron chi connectivity index (χ4n) is 0.435. The Labute approximate surface area is 61.5 Å². The zero-order chi connectivity index (χ0) is 5.98. The summed E-state index contributed by atoms with van der Waals surface area (Å²) in [5.41, 5.74) is 0. The van der Waals surface area contributed by atoms with Crippen molar-refractivity contribution in [2.45, 2.75) is 0 Å². The van der Waals surface area contributed by atoms with Crippen LogP contribution < -0.4 is 5.11 Å². The van der Waals surface area contributed by atoms with Gasteiger partial charge in [0.2, 0.25) is 0 Å². The summed E-state index contributed by atoms with van der Waals surface area (Å²) in [5.74, 6) is 0.0745. The van der Waals surface area contributed by atoms with Crippen molar-refractivity contribution in [3.8, 4) is 5.75 Å². The summed E-state index contributed by atoms with van der Waals surface area (Å²) in [4.78, 5) is 0. The van der Waals surface area contributed by atoms with Gasteiger partial charge in [-0.15, -0.1) is 5.75 Å². The Morgan fingerprint density at radius 2 is 1.62 bits per heavy atom. The second-order valence-electron chi connectivity index (χ2n) is 1.45. The van der Waals surface area contributed by atoms with Gasteiger partial charge in [-0.05, 0) is 34.7 Å². The van der Waals surface area contributed by atoms with E-state index in [2.05, 4.69) is 22.6 Å². The third-order valence-electron chi connectivity index (χ3n) is 0.814. The van der Waals surface area contributed by atoms with Gasteiger partial charge in [0.25, 0.3) is 0 Å². The quantitative estimate of drug-likeness (QED) is 0.604. The van der Waals surface area contributed by atoms with Gasteiger partial charge in [-0.3, -0.25) is 0 Å². The Morgan fingerprint density at radius 3 is 2.00 bits per heavy atom. The zero-order valence-electron chi connectivity index (χ0n) is 4.10. The molecule has 2 heteroatoms. The molecule has 0 aromatic heterocycles. The molecule has 0 amide bonds. The van der Waals surface area contributed by atoms with E-state index in [1.54, 1.807) is 24.3 Å². The molecule has 0 saturated carbocycles. The first-order chi connectivity index (χ1) is 3.79. The minimum atomic E-state index is 0.0745. The van der Waals surface area contributed by atoms with Gasteiger partial charge in [0.15, 0.2) is 0 Å². The smallest absolute Gasteiger partial charge is 0.0129 e. The van der Waals surface area contributed by atoms with Gasteiger partial charge in [-0.1, -0.05) is 12.1 Å². The van der Waals surface area contributed by atoms with Crippen molar-refractivity contribution in [1.82, 2.24) is 0 Å². The maximum absolute atomic E-state index is 10.4. The van der Waals surface area contributed by atoms with Gasteiger partial charge in [-0.25, -0.2) is 0 Å². The van der Waals surface area contributed by atoms with Crippen LogP contribution in [-0.2, 0) is 0 Å². The van der Waals surface area contributed by atoms with Crippen LogP contribution in [0.4, 0.5) is 0 Å². The first kappa shape index (κ1) is 5.88. The normalized spacial score (nSPS) is 9.12. The zero-order valence-corrected chi connectivity index (χ0v) is 6.25. The lowest BCUT2D eigenvalue weighted by Crippen LogP contribution is -1.86. The second-order valence-corrected chi connectivity index (χ2v) is 2.70. The molecule has 0 unspecified atom stereocenters. The third kappa shape index (κ3) is 1.36. The van der Waals surface area contributed by atoms with Crippen molar-refractivity contribution < 1.29 is 5.11 Å². The fraction of sp³-hybridized carbons (Fsp3) is 0. The predicted octanol–water partition coefficient (Wildman–Crippen LogP) is 1.36. The summed E-state index contributed by atoms with van der Waals surface area (Å²) in [5, 5.41) is 10.4. The van der Waals surface area contributed by atoms with Crippen molar-refractivity contribution in [1.29, 1.82) is 0 Å². The first-order valence-corrected chi connectivity index (χ1v) is 3.29. The maximum atomic E-state index is 10.4. The van der Waals surface area contributed by atoms with Crippen molar-refractivity contribution in [3.63, 3.8) is 0 Å². The molecule has 0 atom stereocenters. The van der Waals surface area contributed by atoms with E-state index in [0.717, 1.165) is 3.57 Å². The van der Waals surface area contributed by atoms with Crippen LogP contribution in [0.5, 0.6) is 5.75 Å². The summed E-state index contributed by atoms with van der Waals surface area (Å²) >= 11 is 2.16. The molecule has 0 aliphatic rings. The highest BCUT2D eigenvalue weighted by Crippen LogP contribution is 2.07. The maximum Gasteiger partial charge on any atom is 0.0129 e. The topological polar surface area (TPSA) is 23.1 Å². The Kier molecular flexibility index (Phi) is 1.73. The molecule has 0 radical (unpaired) electrons. The lowest BCUT2D eigenvalue weighted by molar-refractivity contribution is -0.268. The number of halogens is 1. The van der Waals surface area contributed by atoms with E-state index in [1.807, 2.05) is 0 Å². The van der Waals surface area contributed by atoms with Gasteiger partial charge < -0.3 is 5.11 Å². The fourth-order valence-corrected chi connectivity index (χ4v) is 0.794. The van der Waals surface area contributed by atoms with Crippen LogP contribution in [0.2, 0.25) is 0 Å². The molecule has 0 bridgehead atoms. The van der Waals surface area contributed by atoms with Crippen LogP contribution >= 0.6 is 22.6 Å². The molecule has 0 fully saturated rings. The minimum absolute atomic E-state index is 0.0745. The molecule has 0 aliphatic heterocycles. The predicted molar refractivity (Wildman–Crippen MR) is 38.6 cm³/mol. The minimum Gasteiger partial charge on any atom is -0.872 e. The molecule has 1 aromatic carbocycles. The molecule has 0 spiro atoms. The van der Waals surface area contributed by atoms with Crippen LogP contribution in [0.15, 0.2) is 24.3 Å². The Hall–Kier alpha value is -0.250. The van der Waals surface area contributed by atoms with Crippen LogP contribution in [0, 0.1) is 3.57 Å². The summed E-state index contributed by atoms with van der Waals surface area (Å²) in [7, 11) is 0. The average Bonchev–Trinajstić information content (AvgIpc) is 1.77. The number of hydrogen-bond acceptors (Lipinski definition) is 1. The van der Waals surface area contributed by atoms with Crippen LogP contribution in [-0.4, -0.2) is 0 Å². The molecule has 0 N–H and O–H groups in total. The number of rotatable bonds is 0. The van der Waals surface area contributed by atoms with E-state index in [4.69, 9.17) is 0 Å². The largest absolute Gasteiger partial charge is 0.872 e. The second kappa shape index (κ2) is 2.35.